The van der Waals surface area contributed by atoms with Crippen LogP contribution in [0.3, 0.4) is 0 Å². The van der Waals surface area contributed by atoms with E-state index in [4.69, 9.17) is 11.6 Å². The number of rotatable bonds is 0. The number of fused-ring (bicyclic) bond motifs is 1. The van der Waals surface area contributed by atoms with E-state index in [1.54, 1.807) is 0 Å². The van der Waals surface area contributed by atoms with Gasteiger partial charge in [0.15, 0.2) is 0 Å². The lowest BCUT2D eigenvalue weighted by atomic mass is 10.1. The molecule has 0 saturated carbocycles. The molecule has 0 saturated heterocycles. The molecule has 0 bridgehead atoms. The first kappa shape index (κ1) is 7.14. The molecule has 1 aromatic rings. The maximum Gasteiger partial charge on any atom is 0.0795 e. The van der Waals surface area contributed by atoms with Crippen LogP contribution in [0.4, 0.5) is 0 Å². The highest BCUT2D eigenvalue weighted by Crippen LogP contribution is 2.32. The molecule has 1 nitrogen and oxygen atoms in total. The van der Waals surface area contributed by atoms with Crippen LogP contribution in [-0.4, -0.2) is 5.11 Å². The van der Waals surface area contributed by atoms with Crippen molar-refractivity contribution in [1.82, 2.24) is 0 Å². The number of hydrogen-bond donors (Lipinski definition) is 1. The summed E-state index contributed by atoms with van der Waals surface area (Å²) in [5.41, 5.74) is 2.25. The molecule has 0 heterocycles. The maximum absolute atomic E-state index is 9.43. The predicted octanol–water partition coefficient (Wildman–Crippen LogP) is 2.32. The van der Waals surface area contributed by atoms with Crippen molar-refractivity contribution in [1.29, 1.82) is 0 Å². The number of hydrogen-bond acceptors (Lipinski definition) is 1. The van der Waals surface area contributed by atoms with Gasteiger partial charge in [0.25, 0.3) is 0 Å². The molecule has 0 aromatic heterocycles. The molecule has 0 radical (unpaired) electrons. The first-order valence-electron chi connectivity index (χ1n) is 3.74. The fourth-order valence-electron chi connectivity index (χ4n) is 1.56. The van der Waals surface area contributed by atoms with Gasteiger partial charge in [-0.3, -0.25) is 0 Å². The first-order valence-corrected chi connectivity index (χ1v) is 4.11. The Morgan fingerprint density at radius 2 is 2.27 bits per heavy atom. The summed E-state index contributed by atoms with van der Waals surface area (Å²) in [6.45, 7) is 0. The van der Waals surface area contributed by atoms with Crippen molar-refractivity contribution in [2.24, 2.45) is 0 Å². The number of benzene rings is 1. The molecule has 0 spiro atoms. The Labute approximate surface area is 70.6 Å². The summed E-state index contributed by atoms with van der Waals surface area (Å²) >= 11 is 5.79. The molecule has 2 rings (SSSR count). The zero-order valence-corrected chi connectivity index (χ0v) is 6.80. The zero-order chi connectivity index (χ0) is 7.84. The fraction of sp³-hybridized carbons (Fsp3) is 0.333. The number of aliphatic hydroxyl groups excluding tert-OH is 1. The summed E-state index contributed by atoms with van der Waals surface area (Å²) in [5, 5.41) is 10.2. The summed E-state index contributed by atoms with van der Waals surface area (Å²) in [6.07, 6.45) is 1.54. The molecule has 2 heteroatoms. The molecule has 1 aromatic carbocycles. The van der Waals surface area contributed by atoms with E-state index in [-0.39, 0.29) is 6.10 Å². The van der Waals surface area contributed by atoms with Crippen molar-refractivity contribution in [3.8, 4) is 0 Å². The van der Waals surface area contributed by atoms with Crippen molar-refractivity contribution < 1.29 is 5.11 Å². The van der Waals surface area contributed by atoms with Gasteiger partial charge in [0.2, 0.25) is 0 Å². The molecule has 58 valence electrons. The largest absolute Gasteiger partial charge is 0.388 e. The van der Waals surface area contributed by atoms with Gasteiger partial charge in [0, 0.05) is 5.02 Å². The van der Waals surface area contributed by atoms with Crippen LogP contribution in [0, 0.1) is 0 Å². The third-order valence-corrected chi connectivity index (χ3v) is 2.39. The second-order valence-electron chi connectivity index (χ2n) is 2.90. The third-order valence-electron chi connectivity index (χ3n) is 2.15. The van der Waals surface area contributed by atoms with Crippen LogP contribution in [0.5, 0.6) is 0 Å². The summed E-state index contributed by atoms with van der Waals surface area (Å²) in [7, 11) is 0. The minimum Gasteiger partial charge on any atom is -0.388 e. The van der Waals surface area contributed by atoms with Gasteiger partial charge in [-0.2, -0.15) is 0 Å². The number of halogens is 1. The minimum absolute atomic E-state index is 0.262. The fourth-order valence-corrected chi connectivity index (χ4v) is 1.76. The van der Waals surface area contributed by atoms with Crippen molar-refractivity contribution in [3.05, 3.63) is 34.3 Å². The van der Waals surface area contributed by atoms with Crippen molar-refractivity contribution >= 4 is 11.6 Å². The van der Waals surface area contributed by atoms with Gasteiger partial charge in [0.1, 0.15) is 0 Å². The highest BCUT2D eigenvalue weighted by Gasteiger charge is 2.19. The molecular formula is C9H9ClO. The highest BCUT2D eigenvalue weighted by atomic mass is 35.5. The van der Waals surface area contributed by atoms with Crippen molar-refractivity contribution in [3.63, 3.8) is 0 Å². The SMILES string of the molecule is O[C@@H]1CCc2cc(Cl)ccc21. The van der Waals surface area contributed by atoms with E-state index in [0.29, 0.717) is 0 Å². The van der Waals surface area contributed by atoms with E-state index in [2.05, 4.69) is 0 Å². The minimum atomic E-state index is -0.262. The first-order chi connectivity index (χ1) is 5.27. The maximum atomic E-state index is 9.43. The van der Waals surface area contributed by atoms with Crippen LogP contribution in [0.15, 0.2) is 18.2 Å². The summed E-state index contributed by atoms with van der Waals surface area (Å²) in [6, 6.07) is 5.68. The van der Waals surface area contributed by atoms with Crippen LogP contribution in [0.1, 0.15) is 23.7 Å². The number of aliphatic hydroxyl groups is 1. The normalized spacial score (nSPS) is 21.8. The lowest BCUT2D eigenvalue weighted by Crippen LogP contribution is -1.88. The Balaban J connectivity index is 2.50. The van der Waals surface area contributed by atoms with Crippen LogP contribution < -0.4 is 0 Å². The average molecular weight is 169 g/mol. The zero-order valence-electron chi connectivity index (χ0n) is 6.05. The number of aryl methyl sites for hydroxylation is 1. The van der Waals surface area contributed by atoms with Crippen molar-refractivity contribution in [2.75, 3.05) is 0 Å². The molecule has 1 aliphatic rings. The average Bonchev–Trinajstić information content (AvgIpc) is 2.32. The van der Waals surface area contributed by atoms with Crippen LogP contribution in [0.2, 0.25) is 5.02 Å². The molecule has 0 amide bonds. The quantitative estimate of drug-likeness (QED) is 0.631. The Kier molecular flexibility index (Phi) is 1.63. The summed E-state index contributed by atoms with van der Waals surface area (Å²) in [5.74, 6) is 0. The highest BCUT2D eigenvalue weighted by molar-refractivity contribution is 6.30. The van der Waals surface area contributed by atoms with E-state index in [1.165, 1.54) is 5.56 Å². The van der Waals surface area contributed by atoms with E-state index < -0.39 is 0 Å². The molecule has 0 fully saturated rings. The van der Waals surface area contributed by atoms with Crippen LogP contribution >= 0.6 is 11.6 Å². The van der Waals surface area contributed by atoms with Gasteiger partial charge >= 0.3 is 0 Å². The van der Waals surface area contributed by atoms with E-state index in [1.807, 2.05) is 18.2 Å². The van der Waals surface area contributed by atoms with E-state index in [9.17, 15) is 5.11 Å². The van der Waals surface area contributed by atoms with Crippen LogP contribution in [0.25, 0.3) is 0 Å². The molecule has 1 N–H and O–H groups in total. The summed E-state index contributed by atoms with van der Waals surface area (Å²) < 4.78 is 0. The van der Waals surface area contributed by atoms with Gasteiger partial charge in [-0.1, -0.05) is 17.7 Å². The second kappa shape index (κ2) is 2.50. The van der Waals surface area contributed by atoms with E-state index >= 15 is 0 Å². The van der Waals surface area contributed by atoms with Gasteiger partial charge in [0.05, 0.1) is 6.10 Å². The van der Waals surface area contributed by atoms with Gasteiger partial charge in [-0.15, -0.1) is 0 Å². The second-order valence-corrected chi connectivity index (χ2v) is 3.33. The third kappa shape index (κ3) is 1.15. The molecule has 1 aliphatic carbocycles. The lowest BCUT2D eigenvalue weighted by Gasteiger charge is -2.02. The molecule has 0 aliphatic heterocycles. The Morgan fingerprint density at radius 1 is 1.45 bits per heavy atom. The van der Waals surface area contributed by atoms with E-state index in [0.717, 1.165) is 23.4 Å². The monoisotopic (exact) mass is 168 g/mol. The van der Waals surface area contributed by atoms with Gasteiger partial charge in [-0.05, 0) is 36.1 Å². The predicted molar refractivity (Wildman–Crippen MR) is 44.7 cm³/mol. The standard InChI is InChI=1S/C9H9ClO/c10-7-2-3-8-6(5-7)1-4-9(8)11/h2-3,5,9,11H,1,4H2/t9-/m1/s1. The van der Waals surface area contributed by atoms with Gasteiger partial charge in [-0.25, -0.2) is 0 Å². The Hall–Kier alpha value is -0.530. The smallest absolute Gasteiger partial charge is 0.0795 e. The Morgan fingerprint density at radius 3 is 3.09 bits per heavy atom. The summed E-state index contributed by atoms with van der Waals surface area (Å²) in [4.78, 5) is 0. The molecule has 11 heavy (non-hydrogen) atoms. The van der Waals surface area contributed by atoms with Crippen molar-refractivity contribution in [2.45, 2.75) is 18.9 Å². The Bertz CT molecular complexity index is 283. The topological polar surface area (TPSA) is 20.2 Å². The molecular weight excluding hydrogens is 160 g/mol. The molecule has 1 atom stereocenters. The lowest BCUT2D eigenvalue weighted by molar-refractivity contribution is 0.180. The van der Waals surface area contributed by atoms with Crippen LogP contribution in [-0.2, 0) is 6.42 Å². The molecule has 0 unspecified atom stereocenters. The van der Waals surface area contributed by atoms with Gasteiger partial charge < -0.3 is 5.11 Å².